The highest BCUT2D eigenvalue weighted by Crippen LogP contribution is 2.30. The van der Waals surface area contributed by atoms with Gasteiger partial charge in [0.05, 0.1) is 23.9 Å². The van der Waals surface area contributed by atoms with Crippen molar-refractivity contribution < 1.29 is 26.7 Å². The molecule has 25 heavy (non-hydrogen) atoms. The van der Waals surface area contributed by atoms with Gasteiger partial charge in [0.2, 0.25) is 0 Å². The predicted octanol–water partition coefficient (Wildman–Crippen LogP) is 3.55. The lowest BCUT2D eigenvalue weighted by molar-refractivity contribution is -0.137. The molecule has 0 aliphatic carbocycles. The number of carbonyl (C=O) groups is 1. The summed E-state index contributed by atoms with van der Waals surface area (Å²) in [6, 6.07) is 7.55. The molecule has 2 aromatic rings. The average Bonchev–Trinajstić information content (AvgIpc) is 2.55. The van der Waals surface area contributed by atoms with Crippen molar-refractivity contribution in [2.24, 2.45) is 5.10 Å². The number of amides is 1. The van der Waals surface area contributed by atoms with E-state index >= 15 is 0 Å². The van der Waals surface area contributed by atoms with Crippen molar-refractivity contribution in [1.82, 2.24) is 5.43 Å². The Hall–Kier alpha value is -2.97. The molecule has 0 fully saturated rings. The van der Waals surface area contributed by atoms with E-state index in [0.717, 1.165) is 30.5 Å². The molecule has 0 spiro atoms. The van der Waals surface area contributed by atoms with Gasteiger partial charge in [-0.15, -0.1) is 0 Å². The standard InChI is InChI=1S/C16H12F5N3O/c17-13-5-2-6-14(18)12(13)8-23-24-15(25)9-22-11-4-1-3-10(7-11)16(19,20)21/h1-8,22H,9H2,(H,24,25)/b23-8-. The summed E-state index contributed by atoms with van der Waals surface area (Å²) < 4.78 is 64.4. The number of anilines is 1. The summed E-state index contributed by atoms with van der Waals surface area (Å²) in [5, 5.41) is 5.90. The first-order valence-corrected chi connectivity index (χ1v) is 6.94. The van der Waals surface area contributed by atoms with Gasteiger partial charge in [0.1, 0.15) is 11.6 Å². The number of halogens is 5. The fraction of sp³-hybridized carbons (Fsp3) is 0.125. The van der Waals surface area contributed by atoms with Crippen molar-refractivity contribution in [2.75, 3.05) is 11.9 Å². The molecule has 0 radical (unpaired) electrons. The van der Waals surface area contributed by atoms with Crippen LogP contribution in [0.4, 0.5) is 27.6 Å². The summed E-state index contributed by atoms with van der Waals surface area (Å²) in [6.07, 6.45) is -3.69. The Morgan fingerprint density at radius 2 is 1.72 bits per heavy atom. The van der Waals surface area contributed by atoms with Crippen LogP contribution in [0.15, 0.2) is 47.6 Å². The maximum Gasteiger partial charge on any atom is 0.416 e. The zero-order valence-corrected chi connectivity index (χ0v) is 12.6. The van der Waals surface area contributed by atoms with E-state index in [1.165, 1.54) is 18.2 Å². The second-order valence-electron chi connectivity index (χ2n) is 4.86. The van der Waals surface area contributed by atoms with Crippen LogP contribution in [-0.2, 0) is 11.0 Å². The Kier molecular flexibility index (Phi) is 5.68. The Labute approximate surface area is 139 Å². The highest BCUT2D eigenvalue weighted by atomic mass is 19.4. The van der Waals surface area contributed by atoms with Gasteiger partial charge in [0.15, 0.2) is 0 Å². The minimum atomic E-state index is -4.49. The quantitative estimate of drug-likeness (QED) is 0.489. The molecule has 2 N–H and O–H groups in total. The number of nitrogens with zero attached hydrogens (tertiary/aromatic N) is 1. The number of hydrazone groups is 1. The van der Waals surface area contributed by atoms with Crippen LogP contribution in [0.25, 0.3) is 0 Å². The molecule has 0 aromatic heterocycles. The first-order chi connectivity index (χ1) is 11.8. The van der Waals surface area contributed by atoms with Gasteiger partial charge in [0, 0.05) is 5.69 Å². The summed E-state index contributed by atoms with van der Waals surface area (Å²) in [5.41, 5.74) is 0.827. The molecule has 0 saturated carbocycles. The zero-order valence-electron chi connectivity index (χ0n) is 12.6. The minimum Gasteiger partial charge on any atom is -0.376 e. The molecule has 0 atom stereocenters. The van der Waals surface area contributed by atoms with Gasteiger partial charge in [-0.1, -0.05) is 12.1 Å². The van der Waals surface area contributed by atoms with E-state index in [0.29, 0.717) is 0 Å². The van der Waals surface area contributed by atoms with Gasteiger partial charge < -0.3 is 5.32 Å². The van der Waals surface area contributed by atoms with Crippen LogP contribution in [-0.4, -0.2) is 18.7 Å². The molecular formula is C16H12F5N3O. The second kappa shape index (κ2) is 7.73. The number of alkyl halides is 3. The van der Waals surface area contributed by atoms with Crippen molar-refractivity contribution >= 4 is 17.8 Å². The molecule has 9 heteroatoms. The number of rotatable bonds is 5. The predicted molar refractivity (Wildman–Crippen MR) is 82.0 cm³/mol. The number of hydrogen-bond donors (Lipinski definition) is 2. The van der Waals surface area contributed by atoms with Crippen LogP contribution in [0.3, 0.4) is 0 Å². The van der Waals surface area contributed by atoms with Crippen LogP contribution in [0.5, 0.6) is 0 Å². The van der Waals surface area contributed by atoms with Crippen LogP contribution in [0, 0.1) is 11.6 Å². The van der Waals surface area contributed by atoms with Gasteiger partial charge in [-0.25, -0.2) is 14.2 Å². The molecule has 0 aliphatic rings. The molecule has 1 amide bonds. The first-order valence-electron chi connectivity index (χ1n) is 6.94. The SMILES string of the molecule is O=C(CNc1cccc(C(F)(F)F)c1)N/N=C\c1c(F)cccc1F. The van der Waals surface area contributed by atoms with E-state index in [2.05, 4.69) is 10.4 Å². The number of carbonyl (C=O) groups excluding carboxylic acids is 1. The number of benzene rings is 2. The molecule has 2 rings (SSSR count). The van der Waals surface area contributed by atoms with Gasteiger partial charge >= 0.3 is 6.18 Å². The fourth-order valence-corrected chi connectivity index (χ4v) is 1.83. The summed E-state index contributed by atoms with van der Waals surface area (Å²) >= 11 is 0. The first kappa shape index (κ1) is 18.4. The van der Waals surface area contributed by atoms with Gasteiger partial charge in [-0.05, 0) is 30.3 Å². The van der Waals surface area contributed by atoms with E-state index in [4.69, 9.17) is 0 Å². The summed E-state index contributed by atoms with van der Waals surface area (Å²) in [5.74, 6) is -2.40. The Bertz CT molecular complexity index is 769. The molecule has 4 nitrogen and oxygen atoms in total. The number of hydrogen-bond acceptors (Lipinski definition) is 3. The van der Waals surface area contributed by atoms with Crippen LogP contribution < -0.4 is 10.7 Å². The van der Waals surface area contributed by atoms with E-state index in [1.807, 2.05) is 5.43 Å². The van der Waals surface area contributed by atoms with Crippen molar-refractivity contribution in [3.8, 4) is 0 Å². The van der Waals surface area contributed by atoms with Gasteiger partial charge in [-0.3, -0.25) is 4.79 Å². The lowest BCUT2D eigenvalue weighted by atomic mass is 10.2. The third-order valence-electron chi connectivity index (χ3n) is 3.03. The summed E-state index contributed by atoms with van der Waals surface area (Å²) in [4.78, 5) is 11.6. The second-order valence-corrected chi connectivity index (χ2v) is 4.86. The monoisotopic (exact) mass is 357 g/mol. The molecule has 0 unspecified atom stereocenters. The Morgan fingerprint density at radius 3 is 2.36 bits per heavy atom. The molecular weight excluding hydrogens is 345 g/mol. The third-order valence-corrected chi connectivity index (χ3v) is 3.03. The molecule has 2 aromatic carbocycles. The maximum absolute atomic E-state index is 13.3. The van der Waals surface area contributed by atoms with Crippen LogP contribution >= 0.6 is 0 Å². The average molecular weight is 357 g/mol. The molecule has 0 bridgehead atoms. The zero-order chi connectivity index (χ0) is 18.4. The minimum absolute atomic E-state index is 0.0918. The van der Waals surface area contributed by atoms with E-state index in [9.17, 15) is 26.7 Å². The highest BCUT2D eigenvalue weighted by molar-refractivity contribution is 5.84. The molecule has 0 saturated heterocycles. The van der Waals surface area contributed by atoms with E-state index in [1.54, 1.807) is 0 Å². The van der Waals surface area contributed by atoms with Crippen molar-refractivity contribution in [3.05, 3.63) is 65.2 Å². The van der Waals surface area contributed by atoms with Crippen molar-refractivity contribution in [2.45, 2.75) is 6.18 Å². The topological polar surface area (TPSA) is 53.5 Å². The Morgan fingerprint density at radius 1 is 1.08 bits per heavy atom. The molecule has 132 valence electrons. The summed E-state index contributed by atoms with van der Waals surface area (Å²) in [6.45, 7) is -0.377. The number of nitrogens with one attached hydrogen (secondary N) is 2. The highest BCUT2D eigenvalue weighted by Gasteiger charge is 2.30. The van der Waals surface area contributed by atoms with Crippen molar-refractivity contribution in [3.63, 3.8) is 0 Å². The normalized spacial score (nSPS) is 11.6. The fourth-order valence-electron chi connectivity index (χ4n) is 1.83. The lowest BCUT2D eigenvalue weighted by Crippen LogP contribution is -2.26. The summed E-state index contributed by atoms with van der Waals surface area (Å²) in [7, 11) is 0. The lowest BCUT2D eigenvalue weighted by Gasteiger charge is -2.10. The van der Waals surface area contributed by atoms with Crippen molar-refractivity contribution in [1.29, 1.82) is 0 Å². The third kappa shape index (κ3) is 5.27. The van der Waals surface area contributed by atoms with E-state index < -0.39 is 34.8 Å². The van der Waals surface area contributed by atoms with Gasteiger partial charge in [-0.2, -0.15) is 18.3 Å². The Balaban J connectivity index is 1.90. The van der Waals surface area contributed by atoms with Crippen LogP contribution in [0.1, 0.15) is 11.1 Å². The smallest absolute Gasteiger partial charge is 0.376 e. The maximum atomic E-state index is 13.3. The molecule has 0 heterocycles. The van der Waals surface area contributed by atoms with Crippen LogP contribution in [0.2, 0.25) is 0 Å². The molecule has 0 aliphatic heterocycles. The van der Waals surface area contributed by atoms with E-state index in [-0.39, 0.29) is 12.2 Å². The largest absolute Gasteiger partial charge is 0.416 e. The van der Waals surface area contributed by atoms with Gasteiger partial charge in [0.25, 0.3) is 5.91 Å².